The molecule has 102 valence electrons. The number of nitrogens with one attached hydrogen (secondary N) is 1. The minimum atomic E-state index is 0.323. The molecule has 4 nitrogen and oxygen atoms in total. The molecule has 0 bridgehead atoms. The van der Waals surface area contributed by atoms with Crippen LogP contribution in [-0.2, 0) is 6.42 Å². The van der Waals surface area contributed by atoms with Crippen LogP contribution in [0.25, 0.3) is 0 Å². The fraction of sp³-hybridized carbons (Fsp3) is 0.467. The Morgan fingerprint density at radius 2 is 1.89 bits per heavy atom. The van der Waals surface area contributed by atoms with Gasteiger partial charge in [-0.15, -0.1) is 0 Å². The van der Waals surface area contributed by atoms with E-state index >= 15 is 0 Å². The summed E-state index contributed by atoms with van der Waals surface area (Å²) in [7, 11) is 0. The summed E-state index contributed by atoms with van der Waals surface area (Å²) in [4.78, 5) is 4.01. The largest absolute Gasteiger partial charge is 0.340 e. The van der Waals surface area contributed by atoms with E-state index in [4.69, 9.17) is 4.52 Å². The molecular weight excluding hydrogens is 238 g/mol. The van der Waals surface area contributed by atoms with E-state index in [0.717, 1.165) is 13.0 Å². The van der Waals surface area contributed by atoms with Gasteiger partial charge >= 0.3 is 0 Å². The van der Waals surface area contributed by atoms with Crippen molar-refractivity contribution < 1.29 is 4.52 Å². The zero-order valence-corrected chi connectivity index (χ0v) is 12.0. The molecular formula is C15H21N3O. The number of aryl methyl sites for hydroxylation is 3. The molecule has 0 aliphatic rings. The maximum absolute atomic E-state index is 4.98. The van der Waals surface area contributed by atoms with Crippen LogP contribution in [0.1, 0.15) is 41.1 Å². The van der Waals surface area contributed by atoms with Gasteiger partial charge in [-0.05, 0) is 44.4 Å². The second kappa shape index (κ2) is 5.97. The van der Waals surface area contributed by atoms with E-state index in [1.165, 1.54) is 28.6 Å². The first-order chi connectivity index (χ1) is 9.08. The first-order valence-corrected chi connectivity index (χ1v) is 6.64. The molecule has 1 aromatic carbocycles. The van der Waals surface area contributed by atoms with Crippen LogP contribution in [-0.4, -0.2) is 16.7 Å². The molecule has 2 aromatic rings. The smallest absolute Gasteiger partial charge is 0.227 e. The van der Waals surface area contributed by atoms with Gasteiger partial charge in [0.25, 0.3) is 0 Å². The number of hydrogen-bond donors (Lipinski definition) is 1. The van der Waals surface area contributed by atoms with E-state index in [2.05, 4.69) is 55.3 Å². The van der Waals surface area contributed by atoms with E-state index in [1.807, 2.05) is 0 Å². The van der Waals surface area contributed by atoms with Gasteiger partial charge in [0.05, 0.1) is 0 Å². The topological polar surface area (TPSA) is 51.0 Å². The summed E-state index contributed by atoms with van der Waals surface area (Å²) in [5.41, 5.74) is 5.39. The molecule has 1 N–H and O–H groups in total. The van der Waals surface area contributed by atoms with Crippen LogP contribution in [0.2, 0.25) is 0 Å². The monoisotopic (exact) mass is 259 g/mol. The number of aromatic nitrogens is 2. The highest BCUT2D eigenvalue weighted by Gasteiger charge is 2.11. The number of rotatable bonds is 5. The maximum Gasteiger partial charge on any atom is 0.227 e. The van der Waals surface area contributed by atoms with Gasteiger partial charge in [0.15, 0.2) is 6.33 Å². The third-order valence-corrected chi connectivity index (χ3v) is 3.37. The average Bonchev–Trinajstić information content (AvgIpc) is 2.80. The van der Waals surface area contributed by atoms with Gasteiger partial charge in [-0.2, -0.15) is 4.98 Å². The molecule has 19 heavy (non-hydrogen) atoms. The van der Waals surface area contributed by atoms with Gasteiger partial charge in [-0.1, -0.05) is 22.9 Å². The van der Waals surface area contributed by atoms with Crippen molar-refractivity contribution in [2.45, 2.75) is 40.2 Å². The van der Waals surface area contributed by atoms with E-state index < -0.39 is 0 Å². The minimum absolute atomic E-state index is 0.323. The lowest BCUT2D eigenvalue weighted by molar-refractivity contribution is 0.372. The zero-order valence-electron chi connectivity index (χ0n) is 12.0. The molecule has 4 heteroatoms. The molecule has 0 aliphatic carbocycles. The Kier molecular flexibility index (Phi) is 4.32. The second-order valence-corrected chi connectivity index (χ2v) is 5.07. The van der Waals surface area contributed by atoms with E-state index in [9.17, 15) is 0 Å². The summed E-state index contributed by atoms with van der Waals surface area (Å²) < 4.78 is 4.98. The van der Waals surface area contributed by atoms with Gasteiger partial charge < -0.3 is 9.84 Å². The maximum atomic E-state index is 4.98. The quantitative estimate of drug-likeness (QED) is 0.897. The fourth-order valence-electron chi connectivity index (χ4n) is 2.68. The van der Waals surface area contributed by atoms with Gasteiger partial charge in [0.1, 0.15) is 0 Å². The van der Waals surface area contributed by atoms with Crippen LogP contribution < -0.4 is 5.32 Å². The second-order valence-electron chi connectivity index (χ2n) is 5.07. The predicted molar refractivity (Wildman–Crippen MR) is 75.1 cm³/mol. The summed E-state index contributed by atoms with van der Waals surface area (Å²) in [5.74, 6) is 0.678. The molecule has 0 saturated carbocycles. The summed E-state index contributed by atoms with van der Waals surface area (Å²) >= 11 is 0. The molecule has 1 heterocycles. The van der Waals surface area contributed by atoms with Crippen LogP contribution in [0.3, 0.4) is 0 Å². The first-order valence-electron chi connectivity index (χ1n) is 6.64. The SMILES string of the molecule is Cc1cc(C)c(C(C)NCCc2ncno2)c(C)c1. The lowest BCUT2D eigenvalue weighted by atomic mass is 9.95. The summed E-state index contributed by atoms with van der Waals surface area (Å²) in [5, 5.41) is 7.11. The highest BCUT2D eigenvalue weighted by molar-refractivity contribution is 5.39. The van der Waals surface area contributed by atoms with E-state index in [0.29, 0.717) is 11.9 Å². The molecule has 0 fully saturated rings. The molecule has 0 aliphatic heterocycles. The van der Waals surface area contributed by atoms with Gasteiger partial charge in [-0.25, -0.2) is 0 Å². The zero-order chi connectivity index (χ0) is 13.8. The van der Waals surface area contributed by atoms with Crippen molar-refractivity contribution in [2.24, 2.45) is 0 Å². The Morgan fingerprint density at radius 1 is 1.21 bits per heavy atom. The third-order valence-electron chi connectivity index (χ3n) is 3.37. The summed E-state index contributed by atoms with van der Waals surface area (Å²) in [6.45, 7) is 9.50. The molecule has 0 amide bonds. The molecule has 0 spiro atoms. The van der Waals surface area contributed by atoms with E-state index in [-0.39, 0.29) is 0 Å². The van der Waals surface area contributed by atoms with Crippen molar-refractivity contribution in [3.63, 3.8) is 0 Å². The molecule has 2 rings (SSSR count). The van der Waals surface area contributed by atoms with Crippen LogP contribution in [0.5, 0.6) is 0 Å². The van der Waals surface area contributed by atoms with Crippen molar-refractivity contribution in [2.75, 3.05) is 6.54 Å². The van der Waals surface area contributed by atoms with Crippen molar-refractivity contribution in [1.29, 1.82) is 0 Å². The number of hydrogen-bond acceptors (Lipinski definition) is 4. The van der Waals surface area contributed by atoms with E-state index in [1.54, 1.807) is 0 Å². The number of nitrogens with zero attached hydrogens (tertiary/aromatic N) is 2. The van der Waals surface area contributed by atoms with Gasteiger partial charge in [0, 0.05) is 19.0 Å². The first kappa shape index (κ1) is 13.7. The normalized spacial score (nSPS) is 12.6. The lowest BCUT2D eigenvalue weighted by Gasteiger charge is -2.19. The van der Waals surface area contributed by atoms with Crippen LogP contribution in [0, 0.1) is 20.8 Å². The average molecular weight is 259 g/mol. The highest BCUT2D eigenvalue weighted by Crippen LogP contribution is 2.23. The van der Waals surface area contributed by atoms with Crippen molar-refractivity contribution in [3.05, 3.63) is 46.6 Å². The Morgan fingerprint density at radius 3 is 2.47 bits per heavy atom. The Bertz CT molecular complexity index is 511. The fourth-order valence-corrected chi connectivity index (χ4v) is 2.68. The van der Waals surface area contributed by atoms with Gasteiger partial charge in [0.2, 0.25) is 5.89 Å². The third kappa shape index (κ3) is 3.41. The van der Waals surface area contributed by atoms with Crippen LogP contribution in [0.4, 0.5) is 0 Å². The molecule has 1 atom stereocenters. The predicted octanol–water partition coefficient (Wildman–Crippen LogP) is 2.89. The lowest BCUT2D eigenvalue weighted by Crippen LogP contribution is -2.23. The summed E-state index contributed by atoms with van der Waals surface area (Å²) in [6.07, 6.45) is 2.20. The Hall–Kier alpha value is -1.68. The van der Waals surface area contributed by atoms with Crippen LogP contribution in [0.15, 0.2) is 23.0 Å². The highest BCUT2D eigenvalue weighted by atomic mass is 16.5. The number of benzene rings is 1. The van der Waals surface area contributed by atoms with Crippen molar-refractivity contribution >= 4 is 0 Å². The molecule has 0 radical (unpaired) electrons. The molecule has 1 unspecified atom stereocenters. The van der Waals surface area contributed by atoms with Crippen molar-refractivity contribution in [1.82, 2.24) is 15.5 Å². The van der Waals surface area contributed by atoms with Crippen LogP contribution >= 0.6 is 0 Å². The summed E-state index contributed by atoms with van der Waals surface area (Å²) in [6, 6.07) is 4.79. The van der Waals surface area contributed by atoms with Crippen molar-refractivity contribution in [3.8, 4) is 0 Å². The van der Waals surface area contributed by atoms with Gasteiger partial charge in [-0.3, -0.25) is 0 Å². The Labute approximate surface area is 114 Å². The Balaban J connectivity index is 1.98. The molecule has 0 saturated heterocycles. The minimum Gasteiger partial charge on any atom is -0.340 e. The molecule has 1 aromatic heterocycles. The standard InChI is InChI=1S/C15H21N3O/c1-10-7-11(2)15(12(3)8-10)13(4)16-6-5-14-17-9-18-19-14/h7-9,13,16H,5-6H2,1-4H3.